The van der Waals surface area contributed by atoms with E-state index >= 15 is 0 Å². The van der Waals surface area contributed by atoms with E-state index in [1.807, 2.05) is 0 Å². The predicted octanol–water partition coefficient (Wildman–Crippen LogP) is 1.64. The van der Waals surface area contributed by atoms with Crippen molar-refractivity contribution < 1.29 is 0 Å². The van der Waals surface area contributed by atoms with Gasteiger partial charge in [0.15, 0.2) is 0 Å². The first-order chi connectivity index (χ1) is 4.97. The summed E-state index contributed by atoms with van der Waals surface area (Å²) in [5, 5.41) is 3.52. The van der Waals surface area contributed by atoms with E-state index in [1.165, 1.54) is 45.3 Å². The van der Waals surface area contributed by atoms with Crippen LogP contribution in [0.2, 0.25) is 0 Å². The fraction of sp³-hybridized carbons (Fsp3) is 1.00. The molecule has 0 aromatic heterocycles. The maximum absolute atomic E-state index is 3.52. The van der Waals surface area contributed by atoms with Crippen LogP contribution in [-0.4, -0.2) is 30.7 Å². The molecule has 0 bridgehead atoms. The lowest BCUT2D eigenvalue weighted by Crippen LogP contribution is -2.39. The van der Waals surface area contributed by atoms with Gasteiger partial charge in [-0.2, -0.15) is 0 Å². The molecule has 0 aromatic carbocycles. The third kappa shape index (κ3) is 2.77. The van der Waals surface area contributed by atoms with Gasteiger partial charge in [0.25, 0.3) is 0 Å². The molecule has 0 saturated carbocycles. The van der Waals surface area contributed by atoms with Gasteiger partial charge in [-0.15, -0.1) is 24.8 Å². The fourth-order valence-corrected chi connectivity index (χ4v) is 2.03. The van der Waals surface area contributed by atoms with Gasteiger partial charge < -0.3 is 5.32 Å². The molecule has 0 amide bonds. The van der Waals surface area contributed by atoms with Gasteiger partial charge in [-0.25, -0.2) is 0 Å². The average Bonchev–Trinajstić information content (AvgIpc) is 2.59. The zero-order chi connectivity index (χ0) is 6.81. The largest absolute Gasteiger partial charge is 0.302 e. The summed E-state index contributed by atoms with van der Waals surface area (Å²) in [6.45, 7) is 3.90. The lowest BCUT2D eigenvalue weighted by atomic mass is 10.3. The van der Waals surface area contributed by atoms with E-state index in [4.69, 9.17) is 0 Å². The van der Waals surface area contributed by atoms with Gasteiger partial charge in [0.1, 0.15) is 0 Å². The van der Waals surface area contributed by atoms with E-state index in [9.17, 15) is 0 Å². The van der Waals surface area contributed by atoms with Gasteiger partial charge in [0, 0.05) is 0 Å². The molecule has 4 heteroatoms. The summed E-state index contributed by atoms with van der Waals surface area (Å²) in [6.07, 6.45) is 6.32. The molecule has 2 saturated heterocycles. The zero-order valence-corrected chi connectivity index (χ0v) is 8.92. The van der Waals surface area contributed by atoms with Crippen molar-refractivity contribution in [2.45, 2.75) is 31.8 Å². The number of hydrogen-bond acceptors (Lipinski definition) is 2. The van der Waals surface area contributed by atoms with Crippen molar-refractivity contribution in [3.8, 4) is 0 Å². The molecule has 2 aliphatic rings. The smallest absolute Gasteiger partial charge is 0.0597 e. The first-order valence-corrected chi connectivity index (χ1v) is 4.44. The van der Waals surface area contributed by atoms with Gasteiger partial charge in [-0.05, 0) is 45.3 Å². The van der Waals surface area contributed by atoms with Crippen LogP contribution in [0.4, 0.5) is 0 Å². The van der Waals surface area contributed by atoms with Crippen LogP contribution in [0, 0.1) is 0 Å². The lowest BCUT2D eigenvalue weighted by molar-refractivity contribution is 0.226. The van der Waals surface area contributed by atoms with Crippen LogP contribution in [0.3, 0.4) is 0 Å². The summed E-state index contributed by atoms with van der Waals surface area (Å²) in [6, 6.07) is 0. The van der Waals surface area contributed by atoms with E-state index in [1.54, 1.807) is 0 Å². The molecule has 2 fully saturated rings. The highest BCUT2D eigenvalue weighted by Crippen LogP contribution is 2.16. The van der Waals surface area contributed by atoms with Crippen LogP contribution in [-0.2, 0) is 0 Å². The fourth-order valence-electron chi connectivity index (χ4n) is 2.03. The van der Waals surface area contributed by atoms with E-state index in [-0.39, 0.29) is 24.8 Å². The zero-order valence-electron chi connectivity index (χ0n) is 7.29. The Morgan fingerprint density at radius 3 is 2.17 bits per heavy atom. The Bertz CT molecular complexity index is 95.6. The molecule has 1 N–H and O–H groups in total. The second-order valence-corrected chi connectivity index (χ2v) is 3.36. The Morgan fingerprint density at radius 1 is 1.00 bits per heavy atom. The van der Waals surface area contributed by atoms with Crippen LogP contribution in [0.15, 0.2) is 0 Å². The second-order valence-electron chi connectivity index (χ2n) is 3.36. The summed E-state index contributed by atoms with van der Waals surface area (Å²) in [4.78, 5) is 2.59. The molecule has 0 aliphatic carbocycles. The highest BCUT2D eigenvalue weighted by Gasteiger charge is 2.23. The van der Waals surface area contributed by atoms with Crippen LogP contribution < -0.4 is 5.32 Å². The van der Waals surface area contributed by atoms with Gasteiger partial charge in [0.2, 0.25) is 0 Å². The third-order valence-electron chi connectivity index (χ3n) is 2.62. The molecular formula is C8H18Cl2N2. The van der Waals surface area contributed by atoms with Gasteiger partial charge in [0.05, 0.1) is 6.17 Å². The summed E-state index contributed by atoms with van der Waals surface area (Å²) in [5.41, 5.74) is 0. The minimum absolute atomic E-state index is 0. The molecule has 0 spiro atoms. The SMILES string of the molecule is C1CN[C@H](N2CCCC2)C1.Cl.Cl. The number of hydrogen-bond donors (Lipinski definition) is 1. The summed E-state index contributed by atoms with van der Waals surface area (Å²) in [7, 11) is 0. The quantitative estimate of drug-likeness (QED) is 0.712. The third-order valence-corrected chi connectivity index (χ3v) is 2.62. The van der Waals surface area contributed by atoms with E-state index in [0.717, 1.165) is 6.17 Å². The van der Waals surface area contributed by atoms with Crippen molar-refractivity contribution in [2.75, 3.05) is 19.6 Å². The van der Waals surface area contributed by atoms with Gasteiger partial charge in [-0.3, -0.25) is 4.90 Å². The number of rotatable bonds is 1. The van der Waals surface area contributed by atoms with E-state index in [2.05, 4.69) is 10.2 Å². The molecule has 74 valence electrons. The summed E-state index contributed by atoms with van der Waals surface area (Å²) < 4.78 is 0. The Balaban J connectivity index is 0.000000605. The van der Waals surface area contributed by atoms with Crippen molar-refractivity contribution in [1.82, 2.24) is 10.2 Å². The molecule has 2 heterocycles. The molecular weight excluding hydrogens is 195 g/mol. The summed E-state index contributed by atoms with van der Waals surface area (Å²) >= 11 is 0. The van der Waals surface area contributed by atoms with Crippen molar-refractivity contribution in [3.05, 3.63) is 0 Å². The Labute approximate surface area is 86.9 Å². The Kier molecular flexibility index (Phi) is 6.28. The van der Waals surface area contributed by atoms with Crippen LogP contribution in [0.5, 0.6) is 0 Å². The second kappa shape index (κ2) is 6.03. The van der Waals surface area contributed by atoms with E-state index < -0.39 is 0 Å². The number of halogens is 2. The van der Waals surface area contributed by atoms with Crippen LogP contribution in [0.25, 0.3) is 0 Å². The highest BCUT2D eigenvalue weighted by atomic mass is 35.5. The molecule has 12 heavy (non-hydrogen) atoms. The standard InChI is InChI=1S/C8H16N2.2ClH/c1-2-7-10(6-1)8-4-3-5-9-8;;/h8-9H,1-7H2;2*1H/t8-;;/m1../s1. The normalized spacial score (nSPS) is 29.5. The van der Waals surface area contributed by atoms with Crippen LogP contribution in [0.1, 0.15) is 25.7 Å². The monoisotopic (exact) mass is 212 g/mol. The Hall–Kier alpha value is 0.500. The maximum atomic E-state index is 3.52. The molecule has 2 nitrogen and oxygen atoms in total. The first-order valence-electron chi connectivity index (χ1n) is 4.44. The molecule has 2 rings (SSSR count). The van der Waals surface area contributed by atoms with Crippen molar-refractivity contribution in [1.29, 1.82) is 0 Å². The average molecular weight is 213 g/mol. The van der Waals surface area contributed by atoms with E-state index in [0.29, 0.717) is 0 Å². The molecule has 0 unspecified atom stereocenters. The topological polar surface area (TPSA) is 15.3 Å². The Morgan fingerprint density at radius 2 is 1.67 bits per heavy atom. The number of nitrogens with zero attached hydrogens (tertiary/aromatic N) is 1. The molecule has 2 aliphatic heterocycles. The minimum atomic E-state index is 0. The molecule has 0 radical (unpaired) electrons. The van der Waals surface area contributed by atoms with Crippen molar-refractivity contribution in [3.63, 3.8) is 0 Å². The molecule has 1 atom stereocenters. The number of nitrogens with one attached hydrogen (secondary N) is 1. The van der Waals surface area contributed by atoms with Crippen LogP contribution >= 0.6 is 24.8 Å². The number of likely N-dealkylation sites (tertiary alicyclic amines) is 1. The minimum Gasteiger partial charge on any atom is -0.302 e. The molecule has 0 aromatic rings. The van der Waals surface area contributed by atoms with Gasteiger partial charge >= 0.3 is 0 Å². The first kappa shape index (κ1) is 12.5. The summed E-state index contributed by atoms with van der Waals surface area (Å²) in [5.74, 6) is 0. The predicted molar refractivity (Wildman–Crippen MR) is 56.3 cm³/mol. The maximum Gasteiger partial charge on any atom is 0.0597 e. The van der Waals surface area contributed by atoms with Crippen molar-refractivity contribution >= 4 is 24.8 Å². The van der Waals surface area contributed by atoms with Gasteiger partial charge in [-0.1, -0.05) is 0 Å². The highest BCUT2D eigenvalue weighted by molar-refractivity contribution is 5.85. The lowest BCUT2D eigenvalue weighted by Gasteiger charge is -2.22. The van der Waals surface area contributed by atoms with Crippen molar-refractivity contribution in [2.24, 2.45) is 0 Å².